The lowest BCUT2D eigenvalue weighted by molar-refractivity contribution is 0.0514. The average molecular weight is 362 g/mol. The molecule has 1 aromatic carbocycles. The zero-order valence-electron chi connectivity index (χ0n) is 15.1. The van der Waals surface area contributed by atoms with Gasteiger partial charge in [0.15, 0.2) is 0 Å². The molecule has 0 amide bonds. The number of rotatable bonds is 7. The highest BCUT2D eigenvalue weighted by Crippen LogP contribution is 2.15. The maximum Gasteiger partial charge on any atom is 0.296 e. The van der Waals surface area contributed by atoms with E-state index < -0.39 is 21.3 Å². The third-order valence-electron chi connectivity index (χ3n) is 2.99. The second-order valence-electron chi connectivity index (χ2n) is 6.94. The van der Waals surface area contributed by atoms with Crippen molar-refractivity contribution in [2.45, 2.75) is 63.6 Å². The van der Waals surface area contributed by atoms with E-state index in [1.807, 2.05) is 6.92 Å². The van der Waals surface area contributed by atoms with Crippen LogP contribution in [0.15, 0.2) is 29.2 Å². The topological polar surface area (TPSA) is 104 Å². The van der Waals surface area contributed by atoms with E-state index in [-0.39, 0.29) is 24.5 Å². The highest BCUT2D eigenvalue weighted by Gasteiger charge is 2.18. The molecule has 0 aliphatic heterocycles. The number of hydrogen-bond donors (Lipinski definition) is 3. The summed E-state index contributed by atoms with van der Waals surface area (Å²) in [4.78, 5) is 0.138. The summed E-state index contributed by atoms with van der Waals surface area (Å²) in [5, 5.41) is 26.5. The maximum absolute atomic E-state index is 11.7. The van der Waals surface area contributed by atoms with Crippen molar-refractivity contribution in [1.29, 1.82) is 0 Å². The van der Waals surface area contributed by atoms with Crippen LogP contribution in [0, 0.1) is 6.92 Å². The largest absolute Gasteiger partial charge is 0.396 e. The zero-order chi connectivity index (χ0) is 19.0. The van der Waals surface area contributed by atoms with Crippen molar-refractivity contribution in [3.8, 4) is 0 Å². The van der Waals surface area contributed by atoms with Gasteiger partial charge < -0.3 is 15.3 Å². The van der Waals surface area contributed by atoms with E-state index in [0.29, 0.717) is 6.42 Å². The highest BCUT2D eigenvalue weighted by atomic mass is 32.2. The third-order valence-corrected chi connectivity index (χ3v) is 4.31. The van der Waals surface area contributed by atoms with Crippen molar-refractivity contribution in [3.05, 3.63) is 29.8 Å². The number of aliphatic hydroxyl groups excluding tert-OH is 1. The van der Waals surface area contributed by atoms with E-state index in [0.717, 1.165) is 5.56 Å². The first-order valence-electron chi connectivity index (χ1n) is 7.78. The maximum atomic E-state index is 11.7. The Balaban J connectivity index is 0.000000640. The van der Waals surface area contributed by atoms with Crippen molar-refractivity contribution in [2.24, 2.45) is 0 Å². The summed E-state index contributed by atoms with van der Waals surface area (Å²) >= 11 is 0. The van der Waals surface area contributed by atoms with Crippen LogP contribution in [-0.4, -0.2) is 48.2 Å². The quantitative estimate of drug-likeness (QED) is 0.641. The van der Waals surface area contributed by atoms with Gasteiger partial charge in [0.2, 0.25) is 0 Å². The molecule has 1 rings (SSSR count). The van der Waals surface area contributed by atoms with Gasteiger partial charge in [-0.3, -0.25) is 4.18 Å². The summed E-state index contributed by atoms with van der Waals surface area (Å²) in [6, 6.07) is 6.45. The van der Waals surface area contributed by atoms with Gasteiger partial charge in [-0.05, 0) is 53.2 Å². The summed E-state index contributed by atoms with van der Waals surface area (Å²) in [6.45, 7) is 8.46. The molecule has 0 aliphatic carbocycles. The van der Waals surface area contributed by atoms with E-state index in [1.165, 1.54) is 12.1 Å². The van der Waals surface area contributed by atoms with Crippen molar-refractivity contribution < 1.29 is 27.9 Å². The molecule has 0 aliphatic rings. The predicted molar refractivity (Wildman–Crippen MR) is 93.2 cm³/mol. The Hall–Kier alpha value is -0.990. The van der Waals surface area contributed by atoms with Crippen LogP contribution in [0.4, 0.5) is 0 Å². The number of benzene rings is 1. The van der Waals surface area contributed by atoms with Gasteiger partial charge in [-0.15, -0.1) is 0 Å². The Kier molecular flexibility index (Phi) is 9.09. The van der Waals surface area contributed by atoms with Crippen LogP contribution in [0.25, 0.3) is 0 Å². The molecule has 0 spiro atoms. The van der Waals surface area contributed by atoms with Crippen molar-refractivity contribution in [2.75, 3.05) is 13.2 Å². The number of aryl methyl sites for hydroxylation is 1. The molecule has 0 heterocycles. The van der Waals surface area contributed by atoms with Crippen LogP contribution >= 0.6 is 0 Å². The molecule has 7 heteroatoms. The van der Waals surface area contributed by atoms with E-state index in [2.05, 4.69) is 0 Å². The molecule has 0 saturated carbocycles. The molecular formula is C17H30O6S. The fourth-order valence-electron chi connectivity index (χ4n) is 1.45. The Morgan fingerprint density at radius 3 is 1.75 bits per heavy atom. The van der Waals surface area contributed by atoms with Crippen molar-refractivity contribution in [3.63, 3.8) is 0 Å². The first kappa shape index (κ1) is 23.0. The molecule has 1 aromatic rings. The lowest BCUT2D eigenvalue weighted by Crippen LogP contribution is -2.22. The zero-order valence-corrected chi connectivity index (χ0v) is 15.9. The molecule has 24 heavy (non-hydrogen) atoms. The van der Waals surface area contributed by atoms with Crippen LogP contribution in [0.1, 0.15) is 46.1 Å². The molecular weight excluding hydrogens is 332 g/mol. The van der Waals surface area contributed by atoms with Crippen LogP contribution in [-0.2, 0) is 14.3 Å². The van der Waals surface area contributed by atoms with Gasteiger partial charge in [0, 0.05) is 13.0 Å². The molecule has 0 atom stereocenters. The average Bonchev–Trinajstić information content (AvgIpc) is 2.36. The minimum Gasteiger partial charge on any atom is -0.396 e. The molecule has 3 N–H and O–H groups in total. The van der Waals surface area contributed by atoms with Crippen LogP contribution < -0.4 is 0 Å². The van der Waals surface area contributed by atoms with Gasteiger partial charge in [-0.25, -0.2) is 0 Å². The Labute approximate surface area is 145 Å². The first-order valence-corrected chi connectivity index (χ1v) is 9.19. The van der Waals surface area contributed by atoms with Gasteiger partial charge in [0.1, 0.15) is 0 Å². The van der Waals surface area contributed by atoms with E-state index >= 15 is 0 Å². The highest BCUT2D eigenvalue weighted by molar-refractivity contribution is 7.86. The van der Waals surface area contributed by atoms with Gasteiger partial charge in [0.05, 0.1) is 22.7 Å². The summed E-state index contributed by atoms with van der Waals surface area (Å²) in [5.74, 6) is 0. The van der Waals surface area contributed by atoms with Crippen LogP contribution in [0.5, 0.6) is 0 Å². The number of hydrogen-bond acceptors (Lipinski definition) is 6. The Bertz CT molecular complexity index is 565. The minimum atomic E-state index is -3.71. The Morgan fingerprint density at radius 1 is 0.958 bits per heavy atom. The number of aliphatic hydroxyl groups is 3. The molecule has 0 fully saturated rings. The van der Waals surface area contributed by atoms with Gasteiger partial charge >= 0.3 is 0 Å². The standard InChI is InChI=1S/C12H18O4S.C5H12O2/c1-10-4-6-11(7-5-10)17(14,15)16-9-8-12(2,3)13;1-5(2,7)3-4-6/h4-7,13H,8-9H2,1-3H3;6-7H,3-4H2,1-2H3. The van der Waals surface area contributed by atoms with E-state index in [1.54, 1.807) is 39.8 Å². The van der Waals surface area contributed by atoms with Crippen molar-refractivity contribution in [1.82, 2.24) is 0 Å². The monoisotopic (exact) mass is 362 g/mol. The fraction of sp³-hybridized carbons (Fsp3) is 0.647. The summed E-state index contributed by atoms with van der Waals surface area (Å²) in [5.41, 5.74) is -0.641. The molecule has 0 bridgehead atoms. The lowest BCUT2D eigenvalue weighted by atomic mass is 10.1. The van der Waals surface area contributed by atoms with Gasteiger partial charge in [-0.2, -0.15) is 8.42 Å². The molecule has 0 unspecified atom stereocenters. The molecule has 0 saturated heterocycles. The second kappa shape index (κ2) is 9.48. The molecule has 0 radical (unpaired) electrons. The Morgan fingerprint density at radius 2 is 1.42 bits per heavy atom. The molecule has 6 nitrogen and oxygen atoms in total. The molecule has 0 aromatic heterocycles. The lowest BCUT2D eigenvalue weighted by Gasteiger charge is -2.16. The molecule has 140 valence electrons. The van der Waals surface area contributed by atoms with Crippen molar-refractivity contribution >= 4 is 10.1 Å². The van der Waals surface area contributed by atoms with Gasteiger partial charge in [-0.1, -0.05) is 17.7 Å². The SMILES string of the molecule is CC(C)(O)CCO.Cc1ccc(S(=O)(=O)OCCC(C)(C)O)cc1. The van der Waals surface area contributed by atoms with E-state index in [4.69, 9.17) is 14.4 Å². The smallest absolute Gasteiger partial charge is 0.296 e. The normalized spacial score (nSPS) is 12.5. The predicted octanol–water partition coefficient (Wildman–Crippen LogP) is 2.00. The minimum absolute atomic E-state index is 0.0281. The summed E-state index contributed by atoms with van der Waals surface area (Å²) in [6.07, 6.45) is 0.713. The third kappa shape index (κ3) is 11.5. The van der Waals surface area contributed by atoms with Crippen LogP contribution in [0.2, 0.25) is 0 Å². The second-order valence-corrected chi connectivity index (χ2v) is 8.55. The first-order chi connectivity index (χ1) is 10.8. The van der Waals surface area contributed by atoms with Gasteiger partial charge in [0.25, 0.3) is 10.1 Å². The van der Waals surface area contributed by atoms with E-state index in [9.17, 15) is 13.5 Å². The summed E-state index contributed by atoms with van der Waals surface area (Å²) < 4.78 is 28.3. The fourth-order valence-corrected chi connectivity index (χ4v) is 2.36. The summed E-state index contributed by atoms with van der Waals surface area (Å²) in [7, 11) is -3.71. The van der Waals surface area contributed by atoms with Crippen LogP contribution in [0.3, 0.4) is 0 Å².